The quantitative estimate of drug-likeness (QED) is 0.784. The number of nitrogens with one attached hydrogen (secondary N) is 1. The Morgan fingerprint density at radius 3 is 2.40 bits per heavy atom. The minimum atomic E-state index is -4.62. The number of sulfonamides is 1. The molecule has 1 aromatic rings. The highest BCUT2D eigenvalue weighted by Crippen LogP contribution is 2.33. The highest BCUT2D eigenvalue weighted by atomic mass is 35.5. The van der Waals surface area contributed by atoms with E-state index in [0.717, 1.165) is 38.2 Å². The largest absolute Gasteiger partial charge is 0.416 e. The average molecular weight is 421 g/mol. The first-order valence-electron chi connectivity index (χ1n) is 7.75. The summed E-state index contributed by atoms with van der Waals surface area (Å²) in [6.45, 7) is 4.55. The van der Waals surface area contributed by atoms with Crippen LogP contribution in [-0.2, 0) is 16.2 Å². The fraction of sp³-hybridized carbons (Fsp3) is 0.600. The summed E-state index contributed by atoms with van der Waals surface area (Å²) in [4.78, 5) is 1.71. The lowest BCUT2D eigenvalue weighted by molar-refractivity contribution is -0.137. The lowest BCUT2D eigenvalue weighted by atomic mass is 10.1. The molecule has 0 saturated carbocycles. The van der Waals surface area contributed by atoms with E-state index in [1.807, 2.05) is 0 Å². The number of rotatable bonds is 5. The standard InChI is InChI=1S/C15H20ClF3N2O2S.ClH/c1-2-7-21-8-5-12(6-9-21)20-24(22,23)14-10-11(15(17,18)19)3-4-13(14)16;/h3-4,10,12,20H,2,5-9H2,1H3;1H. The molecule has 0 aromatic heterocycles. The van der Waals surface area contributed by atoms with Crippen molar-refractivity contribution in [1.29, 1.82) is 0 Å². The third kappa shape index (κ3) is 5.99. The first-order valence-corrected chi connectivity index (χ1v) is 9.61. The molecule has 1 saturated heterocycles. The first kappa shape index (κ1) is 22.5. The maximum absolute atomic E-state index is 12.8. The Morgan fingerprint density at radius 1 is 1.28 bits per heavy atom. The highest BCUT2D eigenvalue weighted by molar-refractivity contribution is 7.89. The van der Waals surface area contributed by atoms with Gasteiger partial charge in [-0.15, -0.1) is 12.4 Å². The van der Waals surface area contributed by atoms with Crippen LogP contribution in [0.3, 0.4) is 0 Å². The number of nitrogens with zero attached hydrogens (tertiary/aromatic N) is 1. The Morgan fingerprint density at radius 2 is 1.88 bits per heavy atom. The Bertz CT molecular complexity index is 676. The van der Waals surface area contributed by atoms with Crippen LogP contribution in [-0.4, -0.2) is 39.0 Å². The van der Waals surface area contributed by atoms with Crippen molar-refractivity contribution in [2.45, 2.75) is 43.3 Å². The smallest absolute Gasteiger partial charge is 0.303 e. The highest BCUT2D eigenvalue weighted by Gasteiger charge is 2.33. The molecule has 0 spiro atoms. The molecule has 4 nitrogen and oxygen atoms in total. The molecule has 10 heteroatoms. The number of likely N-dealkylation sites (tertiary alicyclic amines) is 1. The summed E-state index contributed by atoms with van der Waals surface area (Å²) in [5.41, 5.74) is -1.04. The summed E-state index contributed by atoms with van der Waals surface area (Å²) in [6.07, 6.45) is -2.36. The SMILES string of the molecule is CCCN1CCC(NS(=O)(=O)c2cc(C(F)(F)F)ccc2Cl)CC1.Cl. The maximum Gasteiger partial charge on any atom is 0.416 e. The molecule has 0 radical (unpaired) electrons. The van der Waals surface area contributed by atoms with Gasteiger partial charge in [0.05, 0.1) is 10.6 Å². The molecule has 0 unspecified atom stereocenters. The minimum Gasteiger partial charge on any atom is -0.303 e. The van der Waals surface area contributed by atoms with Crippen LogP contribution >= 0.6 is 24.0 Å². The van der Waals surface area contributed by atoms with Crippen LogP contribution in [0.2, 0.25) is 5.02 Å². The zero-order valence-electron chi connectivity index (χ0n) is 13.6. The van der Waals surface area contributed by atoms with E-state index in [1.54, 1.807) is 0 Å². The summed E-state index contributed by atoms with van der Waals surface area (Å²) in [5.74, 6) is 0. The van der Waals surface area contributed by atoms with E-state index >= 15 is 0 Å². The molecule has 144 valence electrons. The van der Waals surface area contributed by atoms with Crippen LogP contribution in [0.1, 0.15) is 31.7 Å². The minimum absolute atomic E-state index is 0. The summed E-state index contributed by atoms with van der Waals surface area (Å²) < 4.78 is 65.7. The summed E-state index contributed by atoms with van der Waals surface area (Å²) in [5, 5.41) is -0.223. The fourth-order valence-corrected chi connectivity index (χ4v) is 4.59. The van der Waals surface area contributed by atoms with E-state index in [4.69, 9.17) is 11.6 Å². The fourth-order valence-electron chi connectivity index (χ4n) is 2.76. The second-order valence-corrected chi connectivity index (χ2v) is 7.97. The van der Waals surface area contributed by atoms with Crippen LogP contribution < -0.4 is 4.72 Å². The van der Waals surface area contributed by atoms with E-state index in [0.29, 0.717) is 18.9 Å². The van der Waals surface area contributed by atoms with Crippen LogP contribution in [0.4, 0.5) is 13.2 Å². The van der Waals surface area contributed by atoms with Gasteiger partial charge in [0, 0.05) is 6.04 Å². The van der Waals surface area contributed by atoms with Crippen molar-refractivity contribution in [2.75, 3.05) is 19.6 Å². The number of benzene rings is 1. The summed E-state index contributed by atoms with van der Waals surface area (Å²) in [6, 6.07) is 2.01. The molecule has 1 fully saturated rings. The molecule has 0 amide bonds. The van der Waals surface area contributed by atoms with Gasteiger partial charge in [0.25, 0.3) is 0 Å². The molecule has 2 rings (SSSR count). The number of piperidine rings is 1. The van der Waals surface area contributed by atoms with Crippen LogP contribution in [0.15, 0.2) is 23.1 Å². The van der Waals surface area contributed by atoms with Crippen molar-refractivity contribution in [1.82, 2.24) is 9.62 Å². The molecule has 0 bridgehead atoms. The molecule has 25 heavy (non-hydrogen) atoms. The molecule has 1 heterocycles. The van der Waals surface area contributed by atoms with Gasteiger partial charge in [-0.05, 0) is 57.1 Å². The van der Waals surface area contributed by atoms with Crippen molar-refractivity contribution in [3.05, 3.63) is 28.8 Å². The summed E-state index contributed by atoms with van der Waals surface area (Å²) >= 11 is 5.82. The average Bonchev–Trinajstić information content (AvgIpc) is 2.48. The van der Waals surface area contributed by atoms with E-state index in [-0.39, 0.29) is 23.5 Å². The van der Waals surface area contributed by atoms with E-state index in [9.17, 15) is 21.6 Å². The predicted octanol–water partition coefficient (Wildman–Crippen LogP) is 3.93. The third-order valence-corrected chi connectivity index (χ3v) is 6.00. The lowest BCUT2D eigenvalue weighted by Crippen LogP contribution is -2.44. The first-order chi connectivity index (χ1) is 11.1. The summed E-state index contributed by atoms with van der Waals surface area (Å²) in [7, 11) is -4.10. The molecule has 0 aliphatic carbocycles. The Kier molecular flexibility index (Phi) is 8.01. The maximum atomic E-state index is 12.8. The number of halogens is 5. The van der Waals surface area contributed by atoms with Crippen LogP contribution in [0.25, 0.3) is 0 Å². The zero-order valence-corrected chi connectivity index (χ0v) is 16.0. The molecular weight excluding hydrogens is 400 g/mol. The molecular formula is C15H21Cl2F3N2O2S. The van der Waals surface area contributed by atoms with Gasteiger partial charge in [-0.25, -0.2) is 13.1 Å². The Labute approximate surface area is 157 Å². The number of alkyl halides is 3. The third-order valence-electron chi connectivity index (χ3n) is 4.00. The van der Waals surface area contributed by atoms with Gasteiger partial charge in [-0.1, -0.05) is 18.5 Å². The van der Waals surface area contributed by atoms with Gasteiger partial charge in [-0.3, -0.25) is 0 Å². The van der Waals surface area contributed by atoms with Crippen molar-refractivity contribution in [3.8, 4) is 0 Å². The molecule has 1 N–H and O–H groups in total. The van der Waals surface area contributed by atoms with Crippen molar-refractivity contribution >= 4 is 34.0 Å². The second-order valence-electron chi connectivity index (χ2n) is 5.88. The van der Waals surface area contributed by atoms with Crippen molar-refractivity contribution in [3.63, 3.8) is 0 Å². The Hall–Kier alpha value is -0.540. The van der Waals surface area contributed by atoms with Crippen molar-refractivity contribution in [2.24, 2.45) is 0 Å². The Balaban J connectivity index is 0.00000312. The van der Waals surface area contributed by atoms with Gasteiger partial charge >= 0.3 is 6.18 Å². The van der Waals surface area contributed by atoms with Gasteiger partial charge < -0.3 is 4.90 Å². The monoisotopic (exact) mass is 420 g/mol. The van der Waals surface area contributed by atoms with E-state index < -0.39 is 26.7 Å². The molecule has 1 aromatic carbocycles. The molecule has 0 atom stereocenters. The lowest BCUT2D eigenvalue weighted by Gasteiger charge is -2.32. The molecule has 1 aliphatic heterocycles. The van der Waals surface area contributed by atoms with Gasteiger partial charge in [0.2, 0.25) is 10.0 Å². The van der Waals surface area contributed by atoms with E-state index in [1.165, 1.54) is 0 Å². The van der Waals surface area contributed by atoms with Gasteiger partial charge in [0.15, 0.2) is 0 Å². The number of hydrogen-bond donors (Lipinski definition) is 1. The van der Waals surface area contributed by atoms with Crippen LogP contribution in [0, 0.1) is 0 Å². The van der Waals surface area contributed by atoms with Gasteiger partial charge in [0.1, 0.15) is 4.90 Å². The second kappa shape index (κ2) is 8.90. The number of hydrogen-bond acceptors (Lipinski definition) is 3. The van der Waals surface area contributed by atoms with E-state index in [2.05, 4.69) is 16.5 Å². The topological polar surface area (TPSA) is 49.4 Å². The zero-order chi connectivity index (χ0) is 18.0. The predicted molar refractivity (Wildman–Crippen MR) is 93.8 cm³/mol. The molecule has 1 aliphatic rings. The van der Waals surface area contributed by atoms with Crippen molar-refractivity contribution < 1.29 is 21.6 Å². The van der Waals surface area contributed by atoms with Gasteiger partial charge in [-0.2, -0.15) is 13.2 Å². The van der Waals surface area contributed by atoms with Crippen LogP contribution in [0.5, 0.6) is 0 Å². The normalized spacial score (nSPS) is 17.3.